The largest absolute Gasteiger partial charge is 0.462 e. The molecule has 144 valence electrons. The number of hydrogen-bond acceptors (Lipinski definition) is 7. The highest BCUT2D eigenvalue weighted by atomic mass is 32.3. The Morgan fingerprint density at radius 1 is 1.19 bits per heavy atom. The molecule has 3 unspecified atom stereocenters. The number of carbonyl (C=O) groups is 1. The molecule has 0 amide bonds. The molecule has 0 radical (unpaired) electrons. The van der Waals surface area contributed by atoms with E-state index in [2.05, 4.69) is 16.1 Å². The van der Waals surface area contributed by atoms with Crippen molar-refractivity contribution in [2.75, 3.05) is 20.8 Å². The summed E-state index contributed by atoms with van der Waals surface area (Å²) in [5.74, 6) is -1.28. The molecule has 0 aliphatic carbocycles. The van der Waals surface area contributed by atoms with Gasteiger partial charge < -0.3 is 9.64 Å². The van der Waals surface area contributed by atoms with E-state index in [4.69, 9.17) is 8.92 Å². The summed E-state index contributed by atoms with van der Waals surface area (Å²) in [6.45, 7) is -0.349. The summed E-state index contributed by atoms with van der Waals surface area (Å²) in [6.07, 6.45) is 3.76. The van der Waals surface area contributed by atoms with E-state index in [0.717, 1.165) is 32.8 Å². The average molecular weight is 383 g/mol. The van der Waals surface area contributed by atoms with E-state index in [1.165, 1.54) is 0 Å². The Kier molecular flexibility index (Phi) is 5.96. The predicted octanol–water partition coefficient (Wildman–Crippen LogP) is 1.85. The Labute approximate surface area is 154 Å². The van der Waals surface area contributed by atoms with Crippen molar-refractivity contribution in [1.29, 1.82) is 0 Å². The van der Waals surface area contributed by atoms with Gasteiger partial charge in [-0.05, 0) is 38.3 Å². The van der Waals surface area contributed by atoms with Crippen LogP contribution in [-0.4, -0.2) is 58.2 Å². The molecule has 26 heavy (non-hydrogen) atoms. The number of piperidine rings is 1. The van der Waals surface area contributed by atoms with Crippen LogP contribution in [0.1, 0.15) is 37.2 Å². The average Bonchev–Trinajstić information content (AvgIpc) is 2.84. The minimum Gasteiger partial charge on any atom is -0.462 e. The molecular formula is C18H25NO6S. The molecular weight excluding hydrogens is 358 g/mol. The summed E-state index contributed by atoms with van der Waals surface area (Å²) in [5, 5.41) is 0. The van der Waals surface area contributed by atoms with Crippen LogP contribution >= 0.6 is 0 Å². The first kappa shape index (κ1) is 19.3. The molecule has 3 rings (SSSR count). The summed E-state index contributed by atoms with van der Waals surface area (Å²) in [6, 6.07) is 9.82. The molecule has 0 N–H and O–H groups in total. The molecule has 7 nitrogen and oxygen atoms in total. The predicted molar refractivity (Wildman–Crippen MR) is 94.8 cm³/mol. The molecule has 2 bridgehead atoms. The highest BCUT2D eigenvalue weighted by Gasteiger charge is 2.40. The number of benzene rings is 1. The zero-order valence-electron chi connectivity index (χ0n) is 15.0. The van der Waals surface area contributed by atoms with Crippen LogP contribution in [0.3, 0.4) is 0 Å². The number of carbonyl (C=O) groups excluding carboxylic acids is 1. The second kappa shape index (κ2) is 8.04. The summed E-state index contributed by atoms with van der Waals surface area (Å²) >= 11 is 0. The highest BCUT2D eigenvalue weighted by molar-refractivity contribution is 7.81. The van der Waals surface area contributed by atoms with Crippen LogP contribution in [0.2, 0.25) is 0 Å². The number of hydrogen-bond donors (Lipinski definition) is 0. The Morgan fingerprint density at radius 3 is 2.38 bits per heavy atom. The molecule has 1 aromatic rings. The van der Waals surface area contributed by atoms with Gasteiger partial charge in [-0.25, -0.2) is 4.18 Å². The van der Waals surface area contributed by atoms with Crippen molar-refractivity contribution in [1.82, 2.24) is 4.90 Å². The third-order valence-electron chi connectivity index (χ3n) is 5.41. The minimum absolute atomic E-state index is 0.138. The van der Waals surface area contributed by atoms with Gasteiger partial charge in [0.2, 0.25) is 0 Å². The van der Waals surface area contributed by atoms with E-state index >= 15 is 0 Å². The lowest BCUT2D eigenvalue weighted by Gasteiger charge is -2.36. The van der Waals surface area contributed by atoms with Gasteiger partial charge in [0.05, 0.1) is 13.7 Å². The normalized spacial score (nSPS) is 27.2. The van der Waals surface area contributed by atoms with E-state index < -0.39 is 22.3 Å². The van der Waals surface area contributed by atoms with Gasteiger partial charge in [0.1, 0.15) is 12.0 Å². The molecule has 0 saturated carbocycles. The van der Waals surface area contributed by atoms with Gasteiger partial charge in [0, 0.05) is 12.1 Å². The maximum Gasteiger partial charge on any atom is 0.399 e. The van der Waals surface area contributed by atoms with E-state index in [-0.39, 0.29) is 12.7 Å². The van der Waals surface area contributed by atoms with Crippen molar-refractivity contribution in [2.24, 2.45) is 0 Å². The summed E-state index contributed by atoms with van der Waals surface area (Å²) < 4.78 is 37.8. The standard InChI is InChI=1S/C18H25NO6S/c1-19-14-8-9-15(19)11-16(10-14)25-18(20)17(12-24-26(21,22)23-2)13-6-4-3-5-7-13/h3-7,14-17H,8-12H2,1-2H3. The molecule has 2 heterocycles. The van der Waals surface area contributed by atoms with Crippen molar-refractivity contribution >= 4 is 16.4 Å². The minimum atomic E-state index is -4.12. The van der Waals surface area contributed by atoms with Crippen molar-refractivity contribution in [3.63, 3.8) is 0 Å². The Hall–Kier alpha value is -1.48. The van der Waals surface area contributed by atoms with Crippen molar-refractivity contribution in [3.8, 4) is 0 Å². The summed E-state index contributed by atoms with van der Waals surface area (Å²) in [4.78, 5) is 15.1. The SMILES string of the molecule is COS(=O)(=O)OCC(C(=O)OC1CC2CCC(C1)N2C)c1ccccc1. The lowest BCUT2D eigenvalue weighted by atomic mass is 9.98. The van der Waals surface area contributed by atoms with Crippen LogP contribution in [0.5, 0.6) is 0 Å². The van der Waals surface area contributed by atoms with Crippen LogP contribution in [-0.2, 0) is 28.3 Å². The third-order valence-corrected chi connectivity index (χ3v) is 6.24. The smallest absolute Gasteiger partial charge is 0.399 e. The van der Waals surface area contributed by atoms with Gasteiger partial charge >= 0.3 is 16.4 Å². The Balaban J connectivity index is 1.69. The molecule has 2 fully saturated rings. The number of esters is 1. The molecule has 1 aromatic carbocycles. The van der Waals surface area contributed by atoms with Crippen molar-refractivity contribution in [3.05, 3.63) is 35.9 Å². The zero-order chi connectivity index (χ0) is 18.7. The Bertz CT molecular complexity index is 708. The summed E-state index contributed by atoms with van der Waals surface area (Å²) in [7, 11) is -0.983. The lowest BCUT2D eigenvalue weighted by Crippen LogP contribution is -2.44. The summed E-state index contributed by atoms with van der Waals surface area (Å²) in [5.41, 5.74) is 0.653. The molecule has 2 aliphatic heterocycles. The fourth-order valence-corrected chi connectivity index (χ4v) is 4.29. The zero-order valence-corrected chi connectivity index (χ0v) is 15.9. The van der Waals surface area contributed by atoms with E-state index in [9.17, 15) is 13.2 Å². The molecule has 3 atom stereocenters. The van der Waals surface area contributed by atoms with Crippen molar-refractivity contribution in [2.45, 2.75) is 49.8 Å². The van der Waals surface area contributed by atoms with Gasteiger partial charge in [-0.3, -0.25) is 8.98 Å². The molecule has 0 aromatic heterocycles. The first-order valence-corrected chi connectivity index (χ1v) is 10.2. The quantitative estimate of drug-likeness (QED) is 0.665. The number of ether oxygens (including phenoxy) is 1. The van der Waals surface area contributed by atoms with E-state index in [0.29, 0.717) is 17.6 Å². The second-order valence-corrected chi connectivity index (χ2v) is 8.29. The lowest BCUT2D eigenvalue weighted by molar-refractivity contribution is -0.155. The van der Waals surface area contributed by atoms with Crippen LogP contribution in [0.4, 0.5) is 0 Å². The molecule has 2 aliphatic rings. The van der Waals surface area contributed by atoms with Crippen molar-refractivity contribution < 1.29 is 26.3 Å². The van der Waals surface area contributed by atoms with Gasteiger partial charge in [-0.1, -0.05) is 30.3 Å². The number of nitrogens with zero attached hydrogens (tertiary/aromatic N) is 1. The fourth-order valence-electron chi connectivity index (χ4n) is 3.89. The maximum absolute atomic E-state index is 12.8. The van der Waals surface area contributed by atoms with Crippen LogP contribution < -0.4 is 0 Å². The van der Waals surface area contributed by atoms with Gasteiger partial charge in [0.25, 0.3) is 0 Å². The van der Waals surface area contributed by atoms with Crippen LogP contribution in [0, 0.1) is 0 Å². The molecule has 2 saturated heterocycles. The molecule has 0 spiro atoms. The monoisotopic (exact) mass is 383 g/mol. The van der Waals surface area contributed by atoms with Gasteiger partial charge in [-0.15, -0.1) is 0 Å². The van der Waals surface area contributed by atoms with Crippen LogP contribution in [0.15, 0.2) is 30.3 Å². The molecule has 8 heteroatoms. The number of rotatable bonds is 7. The van der Waals surface area contributed by atoms with E-state index in [1.54, 1.807) is 24.3 Å². The fraction of sp³-hybridized carbons (Fsp3) is 0.611. The second-order valence-electron chi connectivity index (χ2n) is 6.90. The Morgan fingerprint density at radius 2 is 1.81 bits per heavy atom. The topological polar surface area (TPSA) is 82.1 Å². The first-order chi connectivity index (χ1) is 12.4. The van der Waals surface area contributed by atoms with Gasteiger partial charge in [0.15, 0.2) is 0 Å². The number of fused-ring (bicyclic) bond motifs is 2. The maximum atomic E-state index is 12.8. The first-order valence-electron chi connectivity index (χ1n) is 8.82. The third kappa shape index (κ3) is 4.43. The van der Waals surface area contributed by atoms with E-state index in [1.807, 2.05) is 6.07 Å². The van der Waals surface area contributed by atoms with Crippen LogP contribution in [0.25, 0.3) is 0 Å². The highest BCUT2D eigenvalue weighted by Crippen LogP contribution is 2.36. The van der Waals surface area contributed by atoms with Gasteiger partial charge in [-0.2, -0.15) is 8.42 Å².